The molecule has 0 saturated carbocycles. The van der Waals surface area contributed by atoms with Gasteiger partial charge in [0.1, 0.15) is 10.8 Å². The summed E-state index contributed by atoms with van der Waals surface area (Å²) in [6.45, 7) is 0. The molecule has 2 aromatic carbocycles. The molecule has 0 radical (unpaired) electrons. The number of aromatic hydroxyl groups is 1. The number of phenols is 1. The van der Waals surface area contributed by atoms with Crippen LogP contribution in [0.15, 0.2) is 42.5 Å². The Balaban J connectivity index is 1.73. The van der Waals surface area contributed by atoms with Crippen LogP contribution in [0.3, 0.4) is 0 Å². The minimum atomic E-state index is -0.00678. The molecule has 4 rings (SSSR count). The molecular weight excluding hydrogens is 381 g/mol. The van der Waals surface area contributed by atoms with E-state index in [9.17, 15) is 5.11 Å². The number of fused-ring (bicyclic) bond motifs is 1. The number of nitrogens with zero attached hydrogens (tertiary/aromatic N) is 4. The molecular formula is C16H9Cl2N5OS. The van der Waals surface area contributed by atoms with E-state index in [1.807, 2.05) is 24.3 Å². The minimum absolute atomic E-state index is 0.00678. The molecule has 0 bridgehead atoms. The van der Waals surface area contributed by atoms with Crippen LogP contribution in [0, 0.1) is 0 Å². The standard InChI is InChI=1S/C16H9Cl2N5OS/c17-14-21-15(18)23-16(22-14)19-8-5-6-11(24)9(7-8)13-20-10-3-1-2-4-12(10)25-13/h1-7,24H,(H,19,21,22,23). The molecule has 0 fully saturated rings. The molecule has 9 heteroatoms. The second kappa shape index (κ2) is 6.44. The molecule has 0 unspecified atom stereocenters. The first-order chi connectivity index (χ1) is 12.1. The highest BCUT2D eigenvalue weighted by Gasteiger charge is 2.12. The average molecular weight is 390 g/mol. The largest absolute Gasteiger partial charge is 0.507 e. The minimum Gasteiger partial charge on any atom is -0.507 e. The van der Waals surface area contributed by atoms with Crippen molar-refractivity contribution in [3.8, 4) is 16.3 Å². The zero-order valence-corrected chi connectivity index (χ0v) is 14.8. The van der Waals surface area contributed by atoms with Gasteiger partial charge in [-0.15, -0.1) is 11.3 Å². The summed E-state index contributed by atoms with van der Waals surface area (Å²) in [7, 11) is 0. The van der Waals surface area contributed by atoms with E-state index in [0.29, 0.717) is 16.3 Å². The molecule has 0 saturated heterocycles. The van der Waals surface area contributed by atoms with E-state index < -0.39 is 0 Å². The van der Waals surface area contributed by atoms with Crippen molar-refractivity contribution in [1.29, 1.82) is 0 Å². The van der Waals surface area contributed by atoms with Crippen molar-refractivity contribution in [3.05, 3.63) is 53.0 Å². The number of aromatic nitrogens is 4. The fourth-order valence-corrected chi connectivity index (χ4v) is 3.64. The summed E-state index contributed by atoms with van der Waals surface area (Å²) in [6.07, 6.45) is 0. The van der Waals surface area contributed by atoms with Crippen LogP contribution in [0.1, 0.15) is 0 Å². The van der Waals surface area contributed by atoms with Crippen LogP contribution in [0.5, 0.6) is 5.75 Å². The first-order valence-corrected chi connectivity index (χ1v) is 8.69. The smallest absolute Gasteiger partial charge is 0.232 e. The highest BCUT2D eigenvalue weighted by Crippen LogP contribution is 2.37. The van der Waals surface area contributed by atoms with Crippen molar-refractivity contribution in [2.45, 2.75) is 0 Å². The van der Waals surface area contributed by atoms with E-state index in [4.69, 9.17) is 23.2 Å². The monoisotopic (exact) mass is 389 g/mol. The number of para-hydroxylation sites is 1. The predicted octanol–water partition coefficient (Wildman–Crippen LogP) is 4.90. The van der Waals surface area contributed by atoms with Crippen molar-refractivity contribution in [2.24, 2.45) is 0 Å². The molecule has 4 aromatic rings. The average Bonchev–Trinajstić information content (AvgIpc) is 2.99. The van der Waals surface area contributed by atoms with Gasteiger partial charge in [-0.3, -0.25) is 0 Å². The van der Waals surface area contributed by atoms with Crippen molar-refractivity contribution < 1.29 is 5.11 Å². The van der Waals surface area contributed by atoms with Crippen molar-refractivity contribution >= 4 is 56.4 Å². The highest BCUT2D eigenvalue weighted by molar-refractivity contribution is 7.21. The molecule has 0 aliphatic heterocycles. The maximum atomic E-state index is 10.2. The zero-order valence-electron chi connectivity index (χ0n) is 12.4. The Labute approximate surface area is 156 Å². The second-order valence-electron chi connectivity index (χ2n) is 5.04. The predicted molar refractivity (Wildman–Crippen MR) is 99.9 cm³/mol. The third-order valence-corrected chi connectivity index (χ3v) is 4.77. The maximum Gasteiger partial charge on any atom is 0.232 e. The Kier molecular flexibility index (Phi) is 4.12. The van der Waals surface area contributed by atoms with Gasteiger partial charge in [0, 0.05) is 5.69 Å². The molecule has 6 nitrogen and oxygen atoms in total. The van der Waals surface area contributed by atoms with Gasteiger partial charge in [0.05, 0.1) is 15.8 Å². The summed E-state index contributed by atoms with van der Waals surface area (Å²) < 4.78 is 1.05. The topological polar surface area (TPSA) is 83.8 Å². The van der Waals surface area contributed by atoms with E-state index in [0.717, 1.165) is 10.2 Å². The fourth-order valence-electron chi connectivity index (χ4n) is 2.28. The molecule has 2 aromatic heterocycles. The summed E-state index contributed by atoms with van der Waals surface area (Å²) >= 11 is 13.1. The summed E-state index contributed by atoms with van der Waals surface area (Å²) in [5.41, 5.74) is 2.15. The first kappa shape index (κ1) is 16.0. The van der Waals surface area contributed by atoms with Gasteiger partial charge < -0.3 is 10.4 Å². The molecule has 0 amide bonds. The molecule has 0 aliphatic rings. The lowest BCUT2D eigenvalue weighted by Gasteiger charge is -2.08. The summed E-state index contributed by atoms with van der Waals surface area (Å²) in [5, 5.41) is 13.9. The van der Waals surface area contributed by atoms with Crippen LogP contribution < -0.4 is 5.32 Å². The van der Waals surface area contributed by atoms with Gasteiger partial charge in [-0.25, -0.2) is 4.98 Å². The molecule has 2 heterocycles. The van der Waals surface area contributed by atoms with Crippen LogP contribution >= 0.6 is 34.5 Å². The fraction of sp³-hybridized carbons (Fsp3) is 0. The quantitative estimate of drug-likeness (QED) is 0.484. The van der Waals surface area contributed by atoms with Gasteiger partial charge in [-0.2, -0.15) is 15.0 Å². The van der Waals surface area contributed by atoms with Crippen LogP contribution in [0.25, 0.3) is 20.8 Å². The zero-order chi connectivity index (χ0) is 17.4. The molecule has 0 spiro atoms. The number of halogens is 2. The molecule has 0 atom stereocenters. The van der Waals surface area contributed by atoms with Gasteiger partial charge in [-0.05, 0) is 53.5 Å². The Morgan fingerprint density at radius 1 is 0.920 bits per heavy atom. The van der Waals surface area contributed by atoms with E-state index in [1.165, 1.54) is 11.3 Å². The molecule has 0 aliphatic carbocycles. The van der Waals surface area contributed by atoms with Gasteiger partial charge in [0.25, 0.3) is 0 Å². The molecule has 124 valence electrons. The van der Waals surface area contributed by atoms with Gasteiger partial charge in [0.15, 0.2) is 0 Å². The lowest BCUT2D eigenvalue weighted by Crippen LogP contribution is -1.99. The summed E-state index contributed by atoms with van der Waals surface area (Å²) in [5.74, 6) is 0.349. The Morgan fingerprint density at radius 2 is 1.68 bits per heavy atom. The Hall–Kier alpha value is -2.48. The van der Waals surface area contributed by atoms with Gasteiger partial charge in [0.2, 0.25) is 16.5 Å². The SMILES string of the molecule is Oc1ccc(Nc2nc(Cl)nc(Cl)n2)cc1-c1nc2ccccc2s1. The van der Waals surface area contributed by atoms with Crippen LogP contribution in [0.4, 0.5) is 11.6 Å². The highest BCUT2D eigenvalue weighted by atomic mass is 35.5. The second-order valence-corrected chi connectivity index (χ2v) is 6.75. The number of thiazole rings is 1. The van der Waals surface area contributed by atoms with E-state index >= 15 is 0 Å². The molecule has 25 heavy (non-hydrogen) atoms. The Morgan fingerprint density at radius 3 is 2.44 bits per heavy atom. The number of phenolic OH excluding ortho intramolecular Hbond substituents is 1. The summed E-state index contributed by atoms with van der Waals surface area (Å²) in [4.78, 5) is 16.2. The number of benzene rings is 2. The number of anilines is 2. The number of nitrogens with one attached hydrogen (secondary N) is 1. The van der Waals surface area contributed by atoms with E-state index in [-0.39, 0.29) is 22.3 Å². The van der Waals surface area contributed by atoms with Crippen LogP contribution in [-0.4, -0.2) is 25.0 Å². The summed E-state index contributed by atoms with van der Waals surface area (Å²) in [6, 6.07) is 12.8. The van der Waals surface area contributed by atoms with Crippen molar-refractivity contribution in [2.75, 3.05) is 5.32 Å². The normalized spacial score (nSPS) is 11.0. The van der Waals surface area contributed by atoms with Crippen molar-refractivity contribution in [3.63, 3.8) is 0 Å². The van der Waals surface area contributed by atoms with E-state index in [2.05, 4.69) is 25.3 Å². The lowest BCUT2D eigenvalue weighted by molar-refractivity contribution is 0.477. The number of hydrogen-bond acceptors (Lipinski definition) is 7. The third kappa shape index (κ3) is 3.34. The first-order valence-electron chi connectivity index (χ1n) is 7.11. The van der Waals surface area contributed by atoms with Crippen molar-refractivity contribution in [1.82, 2.24) is 19.9 Å². The molecule has 2 N–H and O–H groups in total. The van der Waals surface area contributed by atoms with Crippen LogP contribution in [-0.2, 0) is 0 Å². The van der Waals surface area contributed by atoms with Gasteiger partial charge >= 0.3 is 0 Å². The van der Waals surface area contributed by atoms with E-state index in [1.54, 1.807) is 18.2 Å². The van der Waals surface area contributed by atoms with Gasteiger partial charge in [-0.1, -0.05) is 12.1 Å². The lowest BCUT2D eigenvalue weighted by atomic mass is 10.2. The van der Waals surface area contributed by atoms with Crippen LogP contribution in [0.2, 0.25) is 10.6 Å². The Bertz CT molecular complexity index is 1030. The third-order valence-electron chi connectivity index (χ3n) is 3.36. The number of hydrogen-bond donors (Lipinski definition) is 2. The maximum absolute atomic E-state index is 10.2. The number of rotatable bonds is 3.